The number of carbonyl (C=O) groups excluding carboxylic acids is 3. The Balaban J connectivity index is 1.49. The first-order chi connectivity index (χ1) is 18.7. The number of ether oxygens (including phenoxy) is 2. The average Bonchev–Trinajstić information content (AvgIpc) is 3.14. The first-order valence-corrected chi connectivity index (χ1v) is 14.1. The lowest BCUT2D eigenvalue weighted by molar-refractivity contribution is -0.123. The Bertz CT molecular complexity index is 1480. The summed E-state index contributed by atoms with van der Waals surface area (Å²) in [6.45, 7) is 5.96. The van der Waals surface area contributed by atoms with Crippen molar-refractivity contribution in [3.05, 3.63) is 91.3 Å². The lowest BCUT2D eigenvalue weighted by Gasteiger charge is -2.15. The molecule has 0 aromatic heterocycles. The molecule has 202 valence electrons. The second-order valence-corrected chi connectivity index (χ2v) is 11.0. The molecule has 3 amide bonds. The maximum Gasteiger partial charge on any atom is 0.293 e. The normalized spacial score (nSPS) is 14.2. The first kappa shape index (κ1) is 28.7. The van der Waals surface area contributed by atoms with Crippen molar-refractivity contribution in [2.75, 3.05) is 18.5 Å². The average molecular weight is 630 g/mol. The highest BCUT2D eigenvalue weighted by molar-refractivity contribution is 9.10. The van der Waals surface area contributed by atoms with E-state index in [1.807, 2.05) is 51.1 Å². The molecule has 4 rings (SSSR count). The van der Waals surface area contributed by atoms with E-state index in [4.69, 9.17) is 21.1 Å². The van der Waals surface area contributed by atoms with Crippen molar-refractivity contribution in [1.29, 1.82) is 0 Å². The maximum absolute atomic E-state index is 13.1. The van der Waals surface area contributed by atoms with Gasteiger partial charge in [-0.3, -0.25) is 19.3 Å². The smallest absolute Gasteiger partial charge is 0.293 e. The number of benzene rings is 3. The van der Waals surface area contributed by atoms with Crippen molar-refractivity contribution in [3.63, 3.8) is 0 Å². The van der Waals surface area contributed by atoms with Crippen LogP contribution in [0.25, 0.3) is 6.08 Å². The second kappa shape index (κ2) is 12.7. The van der Waals surface area contributed by atoms with E-state index in [9.17, 15) is 14.4 Å². The van der Waals surface area contributed by atoms with Crippen LogP contribution >= 0.6 is 39.3 Å². The van der Waals surface area contributed by atoms with Crippen LogP contribution in [0.2, 0.25) is 5.02 Å². The molecule has 0 aliphatic carbocycles. The summed E-state index contributed by atoms with van der Waals surface area (Å²) >= 11 is 10.5. The molecule has 7 nitrogen and oxygen atoms in total. The summed E-state index contributed by atoms with van der Waals surface area (Å²) in [5.41, 5.74) is 4.04. The van der Waals surface area contributed by atoms with Crippen LogP contribution in [0.4, 0.5) is 10.5 Å². The van der Waals surface area contributed by atoms with Crippen molar-refractivity contribution in [3.8, 4) is 11.5 Å². The van der Waals surface area contributed by atoms with Gasteiger partial charge in [-0.2, -0.15) is 0 Å². The SMILES string of the molecule is CCOc1cc(/C=C2\SC(=O)N(Cc3ccccc3C)C2=O)cc(Br)c1OCC(=O)Nc1ccc(C)c(Cl)c1. The summed E-state index contributed by atoms with van der Waals surface area (Å²) in [7, 11) is 0. The van der Waals surface area contributed by atoms with Crippen LogP contribution in [0.15, 0.2) is 64.0 Å². The van der Waals surface area contributed by atoms with Gasteiger partial charge in [0.1, 0.15) is 0 Å². The van der Waals surface area contributed by atoms with Crippen LogP contribution in [-0.2, 0) is 16.1 Å². The fourth-order valence-electron chi connectivity index (χ4n) is 3.83. The largest absolute Gasteiger partial charge is 0.490 e. The zero-order valence-electron chi connectivity index (χ0n) is 21.5. The monoisotopic (exact) mass is 628 g/mol. The third-order valence-corrected chi connectivity index (χ3v) is 7.80. The number of rotatable bonds is 9. The molecule has 1 aliphatic rings. The number of hydrogen-bond donors (Lipinski definition) is 1. The van der Waals surface area contributed by atoms with Crippen LogP contribution in [0.5, 0.6) is 11.5 Å². The van der Waals surface area contributed by atoms with Crippen LogP contribution in [-0.4, -0.2) is 35.2 Å². The Kier molecular flexibility index (Phi) is 9.37. The van der Waals surface area contributed by atoms with Gasteiger partial charge in [0, 0.05) is 10.7 Å². The van der Waals surface area contributed by atoms with Crippen LogP contribution < -0.4 is 14.8 Å². The quantitative estimate of drug-likeness (QED) is 0.249. The minimum Gasteiger partial charge on any atom is -0.490 e. The maximum atomic E-state index is 13.1. The van der Waals surface area contributed by atoms with E-state index in [0.29, 0.717) is 43.8 Å². The van der Waals surface area contributed by atoms with Gasteiger partial charge in [-0.1, -0.05) is 41.9 Å². The summed E-state index contributed by atoms with van der Waals surface area (Å²) < 4.78 is 12.1. The Labute approximate surface area is 244 Å². The van der Waals surface area contributed by atoms with Gasteiger partial charge >= 0.3 is 0 Å². The molecule has 1 N–H and O–H groups in total. The summed E-state index contributed by atoms with van der Waals surface area (Å²) in [5, 5.41) is 2.99. The molecule has 1 heterocycles. The zero-order chi connectivity index (χ0) is 28.1. The molecular weight excluding hydrogens is 604 g/mol. The molecule has 0 spiro atoms. The minimum absolute atomic E-state index is 0.214. The molecule has 3 aromatic carbocycles. The van der Waals surface area contributed by atoms with Crippen LogP contribution in [0, 0.1) is 13.8 Å². The fraction of sp³-hybridized carbons (Fsp3) is 0.207. The van der Waals surface area contributed by atoms with E-state index in [-0.39, 0.29) is 30.2 Å². The van der Waals surface area contributed by atoms with Gasteiger partial charge in [0.15, 0.2) is 18.1 Å². The Morgan fingerprint density at radius 2 is 1.85 bits per heavy atom. The number of hydrogen-bond acceptors (Lipinski definition) is 6. The molecule has 0 atom stereocenters. The number of thioether (sulfide) groups is 1. The molecule has 39 heavy (non-hydrogen) atoms. The topological polar surface area (TPSA) is 84.9 Å². The highest BCUT2D eigenvalue weighted by Gasteiger charge is 2.35. The molecule has 1 saturated heterocycles. The van der Waals surface area contributed by atoms with Crippen molar-refractivity contribution < 1.29 is 23.9 Å². The molecule has 3 aromatic rings. The zero-order valence-corrected chi connectivity index (χ0v) is 24.7. The number of halogens is 2. The third-order valence-electron chi connectivity index (χ3n) is 5.90. The number of amides is 3. The van der Waals surface area contributed by atoms with Crippen molar-refractivity contribution in [1.82, 2.24) is 4.90 Å². The molecule has 0 saturated carbocycles. The fourth-order valence-corrected chi connectivity index (χ4v) is 5.42. The van der Waals surface area contributed by atoms with Crippen molar-refractivity contribution >= 4 is 68.1 Å². The predicted molar refractivity (Wildman–Crippen MR) is 158 cm³/mol. The molecule has 0 unspecified atom stereocenters. The highest BCUT2D eigenvalue weighted by Crippen LogP contribution is 2.39. The summed E-state index contributed by atoms with van der Waals surface area (Å²) in [4.78, 5) is 39.7. The number of nitrogens with one attached hydrogen (secondary N) is 1. The van der Waals surface area contributed by atoms with E-state index >= 15 is 0 Å². The second-order valence-electron chi connectivity index (χ2n) is 8.76. The standard InChI is InChI=1S/C29H26BrClN2O5S/c1-4-37-24-12-19(13-25-28(35)33(29(36)39-25)15-20-8-6-5-7-17(20)2)11-22(30)27(24)38-16-26(34)32-21-10-9-18(3)23(31)14-21/h5-14H,4,15-16H2,1-3H3,(H,32,34)/b25-13-. The van der Waals surface area contributed by atoms with Crippen LogP contribution in [0.1, 0.15) is 29.2 Å². The lowest BCUT2D eigenvalue weighted by Crippen LogP contribution is -2.27. The first-order valence-electron chi connectivity index (χ1n) is 12.1. The number of nitrogens with zero attached hydrogens (tertiary/aromatic N) is 1. The van der Waals surface area contributed by atoms with Gasteiger partial charge < -0.3 is 14.8 Å². The van der Waals surface area contributed by atoms with E-state index in [1.54, 1.807) is 30.3 Å². The Morgan fingerprint density at radius 3 is 2.56 bits per heavy atom. The van der Waals surface area contributed by atoms with E-state index in [2.05, 4.69) is 21.2 Å². The number of anilines is 1. The van der Waals surface area contributed by atoms with E-state index in [1.165, 1.54) is 4.90 Å². The minimum atomic E-state index is -0.365. The van der Waals surface area contributed by atoms with Gasteiger partial charge in [0.2, 0.25) is 0 Å². The molecule has 0 bridgehead atoms. The van der Waals surface area contributed by atoms with Gasteiger partial charge in [-0.05, 0) is 101 Å². The van der Waals surface area contributed by atoms with E-state index < -0.39 is 0 Å². The summed E-state index contributed by atoms with van der Waals surface area (Å²) in [6.07, 6.45) is 1.65. The number of imide groups is 1. The lowest BCUT2D eigenvalue weighted by atomic mass is 10.1. The number of carbonyl (C=O) groups is 3. The van der Waals surface area contributed by atoms with Gasteiger partial charge in [0.25, 0.3) is 17.1 Å². The van der Waals surface area contributed by atoms with Gasteiger partial charge in [0.05, 0.1) is 22.5 Å². The number of aryl methyl sites for hydroxylation is 2. The van der Waals surface area contributed by atoms with Crippen molar-refractivity contribution in [2.24, 2.45) is 0 Å². The summed E-state index contributed by atoms with van der Waals surface area (Å²) in [5.74, 6) is 0.0217. The van der Waals surface area contributed by atoms with E-state index in [0.717, 1.165) is 28.5 Å². The molecule has 10 heteroatoms. The van der Waals surface area contributed by atoms with Gasteiger partial charge in [-0.25, -0.2) is 0 Å². The summed E-state index contributed by atoms with van der Waals surface area (Å²) in [6, 6.07) is 16.4. The van der Waals surface area contributed by atoms with Gasteiger partial charge in [-0.15, -0.1) is 0 Å². The predicted octanol–water partition coefficient (Wildman–Crippen LogP) is 7.37. The Hall–Kier alpha value is -3.27. The molecule has 1 fully saturated rings. The highest BCUT2D eigenvalue weighted by atomic mass is 79.9. The molecule has 0 radical (unpaired) electrons. The third kappa shape index (κ3) is 7.03. The molecule has 1 aliphatic heterocycles. The van der Waals surface area contributed by atoms with Crippen molar-refractivity contribution in [2.45, 2.75) is 27.3 Å². The van der Waals surface area contributed by atoms with Crippen LogP contribution in [0.3, 0.4) is 0 Å². The molecular formula is C29H26BrClN2O5S. The Morgan fingerprint density at radius 1 is 1.08 bits per heavy atom.